The second-order valence-corrected chi connectivity index (χ2v) is 5.98. The number of rotatable bonds is 3. The predicted octanol–water partition coefficient (Wildman–Crippen LogP) is 3.25. The van der Waals surface area contributed by atoms with E-state index in [1.807, 2.05) is 0 Å². The first-order valence-corrected chi connectivity index (χ1v) is 7.06. The van der Waals surface area contributed by atoms with Gasteiger partial charge in [-0.1, -0.05) is 23.2 Å². The molecular weight excluding hydrogens is 271 g/mol. The molecule has 2 aliphatic rings. The van der Waals surface area contributed by atoms with Crippen molar-refractivity contribution in [3.63, 3.8) is 0 Å². The van der Waals surface area contributed by atoms with Crippen LogP contribution in [0, 0.1) is 5.92 Å². The molecule has 1 saturated carbocycles. The molecule has 0 spiro atoms. The molecule has 1 aliphatic carbocycles. The fraction of sp³-hybridized carbons (Fsp3) is 0.615. The lowest BCUT2D eigenvalue weighted by Gasteiger charge is -2.31. The second-order valence-electron chi connectivity index (χ2n) is 5.21. The topological polar surface area (TPSA) is 25.4 Å². The van der Waals surface area contributed by atoms with Crippen LogP contribution in [0.25, 0.3) is 0 Å². The molecule has 0 aromatic carbocycles. The first-order chi connectivity index (χ1) is 8.65. The highest BCUT2D eigenvalue weighted by atomic mass is 35.5. The van der Waals surface area contributed by atoms with Crippen molar-refractivity contribution >= 4 is 23.2 Å². The number of aromatic nitrogens is 1. The lowest BCUT2D eigenvalue weighted by atomic mass is 10.00. The average Bonchev–Trinajstić information content (AvgIpc) is 2.92. The quantitative estimate of drug-likeness (QED) is 0.798. The van der Waals surface area contributed by atoms with E-state index in [0.29, 0.717) is 28.6 Å². The van der Waals surface area contributed by atoms with E-state index in [2.05, 4.69) is 16.9 Å². The van der Waals surface area contributed by atoms with Crippen molar-refractivity contribution in [3.05, 3.63) is 22.4 Å². The van der Waals surface area contributed by atoms with Gasteiger partial charge < -0.3 is 4.74 Å². The summed E-state index contributed by atoms with van der Waals surface area (Å²) < 4.78 is 5.80. The highest BCUT2D eigenvalue weighted by molar-refractivity contribution is 6.41. The number of nitrogens with zero attached hydrogens (tertiary/aromatic N) is 2. The number of fused-ring (bicyclic) bond motifs is 2. The molecule has 0 unspecified atom stereocenters. The number of likely N-dealkylation sites (tertiary alicyclic amines) is 1. The standard InChI is InChI=1S/C13H16Cl2N2O/c1-17-9-3-2-8(4-9)12(17)7-18-10-5-11(14)13(15)16-6-10/h5-6,8-9,12H,2-4,7H2,1H3/t8-,9+,12-/m1/s1. The molecule has 2 heterocycles. The number of halogens is 2. The molecule has 1 aliphatic heterocycles. The third kappa shape index (κ3) is 2.20. The fourth-order valence-electron chi connectivity index (χ4n) is 3.23. The van der Waals surface area contributed by atoms with Gasteiger partial charge in [-0.15, -0.1) is 0 Å². The Hall–Kier alpha value is -0.510. The average molecular weight is 287 g/mol. The first kappa shape index (κ1) is 12.5. The first-order valence-electron chi connectivity index (χ1n) is 6.31. The third-order valence-corrected chi connectivity index (χ3v) is 4.97. The van der Waals surface area contributed by atoms with E-state index in [1.54, 1.807) is 12.3 Å². The van der Waals surface area contributed by atoms with Gasteiger partial charge in [0.15, 0.2) is 0 Å². The Kier molecular flexibility index (Phi) is 3.39. The summed E-state index contributed by atoms with van der Waals surface area (Å²) in [6.07, 6.45) is 5.63. The Morgan fingerprint density at radius 2 is 2.28 bits per heavy atom. The summed E-state index contributed by atoms with van der Waals surface area (Å²) in [4.78, 5) is 6.44. The molecule has 3 nitrogen and oxygen atoms in total. The van der Waals surface area contributed by atoms with Crippen LogP contribution in [0.2, 0.25) is 10.2 Å². The summed E-state index contributed by atoms with van der Waals surface area (Å²) >= 11 is 11.7. The van der Waals surface area contributed by atoms with Crippen molar-refractivity contribution in [1.29, 1.82) is 0 Å². The van der Waals surface area contributed by atoms with Gasteiger partial charge >= 0.3 is 0 Å². The van der Waals surface area contributed by atoms with Gasteiger partial charge in [0.25, 0.3) is 0 Å². The predicted molar refractivity (Wildman–Crippen MR) is 72.4 cm³/mol. The summed E-state index contributed by atoms with van der Waals surface area (Å²) in [7, 11) is 2.20. The van der Waals surface area contributed by atoms with Gasteiger partial charge in [0, 0.05) is 18.2 Å². The highest BCUT2D eigenvalue weighted by Gasteiger charge is 2.43. The Balaban J connectivity index is 1.62. The fourth-order valence-corrected chi connectivity index (χ4v) is 3.49. The molecule has 1 aromatic rings. The number of pyridine rings is 1. The minimum absolute atomic E-state index is 0.320. The SMILES string of the molecule is CN1[C@H]2CC[C@H](C2)[C@H]1COc1cnc(Cl)c(Cl)c1. The Labute approximate surface area is 117 Å². The largest absolute Gasteiger partial charge is 0.490 e. The zero-order chi connectivity index (χ0) is 12.7. The normalized spacial score (nSPS) is 30.9. The van der Waals surface area contributed by atoms with E-state index in [1.165, 1.54) is 19.3 Å². The van der Waals surface area contributed by atoms with Gasteiger partial charge in [0.1, 0.15) is 17.5 Å². The van der Waals surface area contributed by atoms with Crippen molar-refractivity contribution in [2.75, 3.05) is 13.7 Å². The Morgan fingerprint density at radius 1 is 1.44 bits per heavy atom. The van der Waals surface area contributed by atoms with Crippen molar-refractivity contribution in [2.24, 2.45) is 5.92 Å². The molecular formula is C13H16Cl2N2O. The van der Waals surface area contributed by atoms with Gasteiger partial charge in [-0.3, -0.25) is 4.90 Å². The van der Waals surface area contributed by atoms with Crippen LogP contribution in [-0.2, 0) is 0 Å². The molecule has 0 amide bonds. The lowest BCUT2D eigenvalue weighted by molar-refractivity contribution is 0.118. The number of ether oxygens (including phenoxy) is 1. The van der Waals surface area contributed by atoms with Gasteiger partial charge in [0.2, 0.25) is 0 Å². The maximum atomic E-state index is 5.92. The van der Waals surface area contributed by atoms with Crippen LogP contribution in [0.1, 0.15) is 19.3 Å². The lowest BCUT2D eigenvalue weighted by Crippen LogP contribution is -2.41. The maximum absolute atomic E-state index is 5.92. The van der Waals surface area contributed by atoms with Gasteiger partial charge in [-0.25, -0.2) is 4.98 Å². The van der Waals surface area contributed by atoms with Crippen molar-refractivity contribution < 1.29 is 4.74 Å². The Bertz CT molecular complexity index is 453. The molecule has 98 valence electrons. The minimum atomic E-state index is 0.320. The van der Waals surface area contributed by atoms with E-state index in [4.69, 9.17) is 27.9 Å². The second kappa shape index (κ2) is 4.87. The van der Waals surface area contributed by atoms with Crippen molar-refractivity contribution in [1.82, 2.24) is 9.88 Å². The van der Waals surface area contributed by atoms with Gasteiger partial charge in [-0.05, 0) is 32.2 Å². The summed E-state index contributed by atoms with van der Waals surface area (Å²) in [6, 6.07) is 3.01. The number of piperidine rings is 1. The molecule has 0 N–H and O–H groups in total. The van der Waals surface area contributed by atoms with Gasteiger partial charge in [0.05, 0.1) is 11.2 Å². The van der Waals surface area contributed by atoms with Crippen LogP contribution >= 0.6 is 23.2 Å². The molecule has 2 fully saturated rings. The van der Waals surface area contributed by atoms with E-state index in [-0.39, 0.29) is 0 Å². The molecule has 1 aromatic heterocycles. The van der Waals surface area contributed by atoms with E-state index < -0.39 is 0 Å². The number of likely N-dealkylation sites (N-methyl/N-ethyl adjacent to an activating group) is 1. The third-order valence-electron chi connectivity index (χ3n) is 4.28. The number of hydrogen-bond acceptors (Lipinski definition) is 3. The maximum Gasteiger partial charge on any atom is 0.147 e. The van der Waals surface area contributed by atoms with Crippen LogP contribution in [0.15, 0.2) is 12.3 Å². The smallest absolute Gasteiger partial charge is 0.147 e. The van der Waals surface area contributed by atoms with E-state index in [0.717, 1.165) is 12.0 Å². The van der Waals surface area contributed by atoms with Crippen LogP contribution in [0.5, 0.6) is 5.75 Å². The van der Waals surface area contributed by atoms with Crippen LogP contribution in [0.3, 0.4) is 0 Å². The highest BCUT2D eigenvalue weighted by Crippen LogP contribution is 2.41. The zero-order valence-electron chi connectivity index (χ0n) is 10.3. The molecule has 3 rings (SSSR count). The molecule has 5 heteroatoms. The summed E-state index contributed by atoms with van der Waals surface area (Å²) in [5.41, 5.74) is 0. The van der Waals surface area contributed by atoms with E-state index >= 15 is 0 Å². The Morgan fingerprint density at radius 3 is 2.94 bits per heavy atom. The summed E-state index contributed by atoms with van der Waals surface area (Å²) in [5.74, 6) is 1.48. The van der Waals surface area contributed by atoms with E-state index in [9.17, 15) is 0 Å². The molecule has 3 atom stereocenters. The van der Waals surface area contributed by atoms with Crippen LogP contribution in [0.4, 0.5) is 0 Å². The molecule has 1 saturated heterocycles. The zero-order valence-corrected chi connectivity index (χ0v) is 11.8. The molecule has 0 radical (unpaired) electrons. The molecule has 18 heavy (non-hydrogen) atoms. The molecule has 2 bridgehead atoms. The van der Waals surface area contributed by atoms with Crippen molar-refractivity contribution in [2.45, 2.75) is 31.3 Å². The summed E-state index contributed by atoms with van der Waals surface area (Å²) in [5, 5.41) is 0.761. The van der Waals surface area contributed by atoms with Crippen LogP contribution in [-0.4, -0.2) is 35.6 Å². The van der Waals surface area contributed by atoms with Crippen molar-refractivity contribution in [3.8, 4) is 5.75 Å². The monoisotopic (exact) mass is 286 g/mol. The number of hydrogen-bond donors (Lipinski definition) is 0. The summed E-state index contributed by atoms with van der Waals surface area (Å²) in [6.45, 7) is 0.706. The van der Waals surface area contributed by atoms with Gasteiger partial charge in [-0.2, -0.15) is 0 Å². The minimum Gasteiger partial charge on any atom is -0.490 e. The van der Waals surface area contributed by atoms with Crippen LogP contribution < -0.4 is 4.74 Å².